The van der Waals surface area contributed by atoms with Gasteiger partial charge in [-0.3, -0.25) is 9.79 Å². The van der Waals surface area contributed by atoms with Crippen molar-refractivity contribution in [1.82, 2.24) is 0 Å². The van der Waals surface area contributed by atoms with Gasteiger partial charge in [0.25, 0.3) is 0 Å². The molecule has 0 bridgehead atoms. The minimum absolute atomic E-state index is 0.00143. The molecule has 0 aromatic heterocycles. The molecule has 5 heteroatoms. The first-order valence-electron chi connectivity index (χ1n) is 5.75. The molecule has 0 atom stereocenters. The minimum Gasteiger partial charge on any atom is -0.461 e. The molecule has 0 radical (unpaired) electrons. The second-order valence-electron chi connectivity index (χ2n) is 3.93. The number of esters is 1. The quantitative estimate of drug-likeness (QED) is 0.584. The van der Waals surface area contributed by atoms with Crippen molar-refractivity contribution in [2.75, 3.05) is 13.2 Å². The zero-order valence-corrected chi connectivity index (χ0v) is 10.3. The maximum absolute atomic E-state index is 11.5. The molecule has 0 saturated heterocycles. The zero-order valence-electron chi connectivity index (χ0n) is 10.3. The molecule has 1 aliphatic carbocycles. The maximum atomic E-state index is 11.5. The summed E-state index contributed by atoms with van der Waals surface area (Å²) in [6.07, 6.45) is 2.40. The molecule has 0 aromatic rings. The highest BCUT2D eigenvalue weighted by Crippen LogP contribution is 2.24. The van der Waals surface area contributed by atoms with Gasteiger partial charge in [-0.15, -0.1) is 0 Å². The van der Waals surface area contributed by atoms with E-state index in [9.17, 15) is 9.59 Å². The average Bonchev–Trinajstić information content (AvgIpc) is 2.73. The molecular formula is C12H18N2O3. The highest BCUT2D eigenvalue weighted by atomic mass is 16.5. The number of hydrogen-bond acceptors (Lipinski definition) is 5. The number of Topliss-reactive ketones (excluding diaryl/α,β-unsaturated/α-hetero) is 1. The van der Waals surface area contributed by atoms with Crippen LogP contribution in [0.4, 0.5) is 0 Å². The van der Waals surface area contributed by atoms with Crippen LogP contribution in [0.15, 0.2) is 16.3 Å². The van der Waals surface area contributed by atoms with Crippen molar-refractivity contribution in [3.05, 3.63) is 11.3 Å². The number of nitrogens with two attached hydrogens (primary N) is 1. The number of nitrogens with zero attached hydrogens (tertiary/aromatic N) is 1. The molecule has 5 nitrogen and oxygen atoms in total. The summed E-state index contributed by atoms with van der Waals surface area (Å²) in [5.74, 6) is -0.501. The van der Waals surface area contributed by atoms with Crippen LogP contribution in [0.25, 0.3) is 0 Å². The Morgan fingerprint density at radius 2 is 2.12 bits per heavy atom. The highest BCUT2D eigenvalue weighted by Gasteiger charge is 2.22. The van der Waals surface area contributed by atoms with E-state index in [1.807, 2.05) is 0 Å². The van der Waals surface area contributed by atoms with Gasteiger partial charge in [-0.25, -0.2) is 4.79 Å². The van der Waals surface area contributed by atoms with Gasteiger partial charge in [0.05, 0.1) is 13.2 Å². The van der Waals surface area contributed by atoms with Gasteiger partial charge in [-0.05, 0) is 33.1 Å². The van der Waals surface area contributed by atoms with Crippen molar-refractivity contribution in [1.29, 1.82) is 0 Å². The molecule has 0 spiro atoms. The van der Waals surface area contributed by atoms with Gasteiger partial charge >= 0.3 is 5.97 Å². The van der Waals surface area contributed by atoms with E-state index >= 15 is 0 Å². The summed E-state index contributed by atoms with van der Waals surface area (Å²) in [7, 11) is 0. The van der Waals surface area contributed by atoms with Crippen molar-refractivity contribution in [2.45, 2.75) is 33.1 Å². The SMILES string of the molecule is CCOC(=O)/C(N)=C1\CCCC1=NCC(C)=O. The van der Waals surface area contributed by atoms with Crippen LogP contribution in [0.5, 0.6) is 0 Å². The summed E-state index contributed by atoms with van der Waals surface area (Å²) in [4.78, 5) is 26.5. The Morgan fingerprint density at radius 3 is 2.71 bits per heavy atom. The van der Waals surface area contributed by atoms with E-state index in [1.54, 1.807) is 6.92 Å². The van der Waals surface area contributed by atoms with Crippen LogP contribution in [0, 0.1) is 0 Å². The Morgan fingerprint density at radius 1 is 1.41 bits per heavy atom. The fourth-order valence-electron chi connectivity index (χ4n) is 1.73. The summed E-state index contributed by atoms with van der Waals surface area (Å²) in [6.45, 7) is 3.66. The Kier molecular flexibility index (Phi) is 4.87. The van der Waals surface area contributed by atoms with E-state index in [0.717, 1.165) is 30.5 Å². The van der Waals surface area contributed by atoms with Crippen molar-refractivity contribution in [3.8, 4) is 0 Å². The van der Waals surface area contributed by atoms with E-state index in [0.29, 0.717) is 6.61 Å². The molecule has 1 aliphatic rings. The molecule has 0 aromatic carbocycles. The average molecular weight is 238 g/mol. The molecule has 1 rings (SSSR count). The monoisotopic (exact) mass is 238 g/mol. The van der Waals surface area contributed by atoms with Crippen LogP contribution >= 0.6 is 0 Å². The van der Waals surface area contributed by atoms with Crippen molar-refractivity contribution >= 4 is 17.5 Å². The van der Waals surface area contributed by atoms with Crippen LogP contribution in [-0.2, 0) is 14.3 Å². The lowest BCUT2D eigenvalue weighted by atomic mass is 10.1. The van der Waals surface area contributed by atoms with Gasteiger partial charge < -0.3 is 10.5 Å². The number of hydrogen-bond donors (Lipinski definition) is 1. The number of ether oxygens (including phenoxy) is 1. The summed E-state index contributed by atoms with van der Waals surface area (Å²) in [5, 5.41) is 0. The number of rotatable bonds is 4. The lowest BCUT2D eigenvalue weighted by Crippen LogP contribution is -2.19. The highest BCUT2D eigenvalue weighted by molar-refractivity contribution is 6.08. The van der Waals surface area contributed by atoms with Gasteiger partial charge in [-0.1, -0.05) is 0 Å². The second kappa shape index (κ2) is 6.18. The fourth-order valence-corrected chi connectivity index (χ4v) is 1.73. The topological polar surface area (TPSA) is 81.8 Å². The third kappa shape index (κ3) is 3.69. The normalized spacial score (nSPS) is 20.5. The van der Waals surface area contributed by atoms with Gasteiger partial charge in [0.2, 0.25) is 0 Å². The van der Waals surface area contributed by atoms with Crippen molar-refractivity contribution < 1.29 is 14.3 Å². The van der Waals surface area contributed by atoms with E-state index in [-0.39, 0.29) is 18.0 Å². The standard InChI is InChI=1S/C12H18N2O3/c1-3-17-12(16)11(13)9-5-4-6-10(9)14-7-8(2)15/h3-7,13H2,1-2H3/b11-9-,14-10?. The minimum atomic E-state index is -0.500. The largest absolute Gasteiger partial charge is 0.461 e. The number of carbonyl (C=O) groups is 2. The Bertz CT molecular complexity index is 383. The Labute approximate surface area is 101 Å². The molecule has 0 heterocycles. The van der Waals surface area contributed by atoms with E-state index in [4.69, 9.17) is 10.5 Å². The Hall–Kier alpha value is -1.65. The summed E-state index contributed by atoms with van der Waals surface area (Å²) in [5.41, 5.74) is 7.39. The van der Waals surface area contributed by atoms with E-state index in [2.05, 4.69) is 4.99 Å². The second-order valence-corrected chi connectivity index (χ2v) is 3.93. The zero-order chi connectivity index (χ0) is 12.8. The predicted octanol–water partition coefficient (Wildman–Crippen LogP) is 0.976. The van der Waals surface area contributed by atoms with Crippen LogP contribution in [-0.4, -0.2) is 30.6 Å². The number of allylic oxidation sites excluding steroid dienone is 1. The van der Waals surface area contributed by atoms with Gasteiger partial charge in [0.15, 0.2) is 5.78 Å². The van der Waals surface area contributed by atoms with Crippen LogP contribution in [0.2, 0.25) is 0 Å². The van der Waals surface area contributed by atoms with Gasteiger partial charge in [0, 0.05) is 11.3 Å². The van der Waals surface area contributed by atoms with Gasteiger partial charge in [0.1, 0.15) is 5.70 Å². The van der Waals surface area contributed by atoms with Crippen molar-refractivity contribution in [2.24, 2.45) is 10.7 Å². The van der Waals surface area contributed by atoms with E-state index < -0.39 is 5.97 Å². The summed E-state index contributed by atoms with van der Waals surface area (Å²) in [6, 6.07) is 0. The molecule has 94 valence electrons. The molecule has 0 unspecified atom stereocenters. The molecule has 0 aliphatic heterocycles. The molecular weight excluding hydrogens is 220 g/mol. The van der Waals surface area contributed by atoms with Crippen LogP contribution < -0.4 is 5.73 Å². The summed E-state index contributed by atoms with van der Waals surface area (Å²) < 4.78 is 4.85. The lowest BCUT2D eigenvalue weighted by molar-refractivity contribution is -0.138. The molecule has 1 saturated carbocycles. The van der Waals surface area contributed by atoms with E-state index in [1.165, 1.54) is 6.92 Å². The number of ketones is 1. The first-order chi connectivity index (χ1) is 8.06. The third-order valence-corrected chi connectivity index (χ3v) is 2.50. The van der Waals surface area contributed by atoms with Crippen LogP contribution in [0.3, 0.4) is 0 Å². The molecule has 1 fully saturated rings. The molecule has 17 heavy (non-hydrogen) atoms. The first-order valence-corrected chi connectivity index (χ1v) is 5.75. The third-order valence-electron chi connectivity index (χ3n) is 2.50. The fraction of sp³-hybridized carbons (Fsp3) is 0.583. The predicted molar refractivity (Wildman–Crippen MR) is 64.7 cm³/mol. The van der Waals surface area contributed by atoms with Crippen molar-refractivity contribution in [3.63, 3.8) is 0 Å². The summed E-state index contributed by atoms with van der Waals surface area (Å²) >= 11 is 0. The Balaban J connectivity index is 2.87. The molecule has 2 N–H and O–H groups in total. The first kappa shape index (κ1) is 13.4. The maximum Gasteiger partial charge on any atom is 0.354 e. The lowest BCUT2D eigenvalue weighted by Gasteiger charge is -2.06. The smallest absolute Gasteiger partial charge is 0.354 e. The van der Waals surface area contributed by atoms with Crippen LogP contribution in [0.1, 0.15) is 33.1 Å². The van der Waals surface area contributed by atoms with Gasteiger partial charge in [-0.2, -0.15) is 0 Å². The number of aliphatic imine (C=N–C) groups is 1. The molecule has 0 amide bonds. The number of carbonyl (C=O) groups excluding carboxylic acids is 2.